The van der Waals surface area contributed by atoms with E-state index in [9.17, 15) is 14.4 Å². The first-order valence-electron chi connectivity index (χ1n) is 11.4. The van der Waals surface area contributed by atoms with Crippen molar-refractivity contribution in [3.8, 4) is 23.6 Å². The van der Waals surface area contributed by atoms with Crippen molar-refractivity contribution >= 4 is 17.5 Å². The number of carbonyl (C=O) groups excluding carboxylic acids is 1. The van der Waals surface area contributed by atoms with Crippen LogP contribution in [0.2, 0.25) is 0 Å². The number of aromatic nitrogens is 4. The predicted octanol–water partition coefficient (Wildman–Crippen LogP) is 4.45. The molecule has 0 spiro atoms. The number of anilines is 2. The van der Waals surface area contributed by atoms with Gasteiger partial charge in [0, 0.05) is 34.6 Å². The van der Waals surface area contributed by atoms with Gasteiger partial charge in [-0.05, 0) is 63.6 Å². The van der Waals surface area contributed by atoms with Crippen LogP contribution in [0, 0.1) is 42.8 Å². The summed E-state index contributed by atoms with van der Waals surface area (Å²) in [7, 11) is 0. The van der Waals surface area contributed by atoms with Crippen LogP contribution in [0.1, 0.15) is 52.3 Å². The number of nitrogen functional groups attached to an aromatic ring is 1. The molecule has 4 aromatic rings. The maximum atomic E-state index is 13.7. The average Bonchev–Trinajstić information content (AvgIpc) is 3.30. The molecule has 0 radical (unpaired) electrons. The lowest BCUT2D eigenvalue weighted by molar-refractivity contribution is 0.102. The van der Waals surface area contributed by atoms with Crippen molar-refractivity contribution in [2.45, 2.75) is 33.1 Å². The van der Waals surface area contributed by atoms with E-state index < -0.39 is 11.2 Å². The highest BCUT2D eigenvalue weighted by Gasteiger charge is 2.26. The number of nitrogens with one attached hydrogen (secondary N) is 1. The Labute approximate surface area is 214 Å². The number of carbonyl (C=O) groups is 1. The molecule has 0 fully saturated rings. The quantitative estimate of drug-likeness (QED) is 0.405. The van der Waals surface area contributed by atoms with Gasteiger partial charge < -0.3 is 11.1 Å². The number of aryl methyl sites for hydroxylation is 2. The first kappa shape index (κ1) is 25.1. The number of nitrogens with zero attached hydrogens (tertiary/aromatic N) is 5. The molecule has 0 saturated heterocycles. The number of nitrogens with two attached hydrogens (primary N) is 1. The summed E-state index contributed by atoms with van der Waals surface area (Å²) in [6.07, 6.45) is 3.04. The first-order chi connectivity index (χ1) is 17.6. The van der Waals surface area contributed by atoms with Crippen LogP contribution in [0.15, 0.2) is 54.9 Å². The smallest absolute Gasteiger partial charge is 0.256 e. The minimum atomic E-state index is -0.869. The second-order valence-electron chi connectivity index (χ2n) is 9.05. The van der Waals surface area contributed by atoms with Gasteiger partial charge in [0.05, 0.1) is 29.1 Å². The largest absolute Gasteiger partial charge is 0.381 e. The minimum absolute atomic E-state index is 0.192. The van der Waals surface area contributed by atoms with Gasteiger partial charge in [-0.3, -0.25) is 9.78 Å². The number of benzene rings is 1. The Morgan fingerprint density at radius 1 is 1.08 bits per heavy atom. The van der Waals surface area contributed by atoms with E-state index in [0.717, 1.165) is 11.3 Å². The summed E-state index contributed by atoms with van der Waals surface area (Å²) in [5.41, 5.74) is 8.72. The molecule has 1 amide bonds. The zero-order valence-corrected chi connectivity index (χ0v) is 20.8. The van der Waals surface area contributed by atoms with Gasteiger partial charge in [0.2, 0.25) is 0 Å². The first-order valence-corrected chi connectivity index (χ1v) is 11.4. The SMILES string of the molecule is Cc1ccc(-n2nc(C(C)(C)C#N)cc2NC(=O)c2ccc(C)c(C#Cc3cnc(N)c(F)c3)c2)cn1. The Balaban J connectivity index is 1.67. The lowest BCUT2D eigenvalue weighted by atomic mass is 9.92. The lowest BCUT2D eigenvalue weighted by Gasteiger charge is -2.11. The molecule has 0 unspecified atom stereocenters. The number of pyridine rings is 2. The Kier molecular flexibility index (Phi) is 6.73. The Morgan fingerprint density at radius 2 is 1.86 bits per heavy atom. The molecule has 0 atom stereocenters. The van der Waals surface area contributed by atoms with Crippen LogP contribution in [0.4, 0.5) is 16.0 Å². The van der Waals surface area contributed by atoms with E-state index in [1.54, 1.807) is 49.0 Å². The molecule has 8 nitrogen and oxygen atoms in total. The molecule has 0 aliphatic heterocycles. The van der Waals surface area contributed by atoms with E-state index in [4.69, 9.17) is 5.73 Å². The normalized spacial score (nSPS) is 10.8. The molecular weight excluding hydrogens is 469 g/mol. The zero-order chi connectivity index (χ0) is 26.7. The van der Waals surface area contributed by atoms with Gasteiger partial charge in [-0.1, -0.05) is 17.9 Å². The number of amides is 1. The van der Waals surface area contributed by atoms with Crippen LogP contribution >= 0.6 is 0 Å². The third-order valence-electron chi connectivity index (χ3n) is 5.72. The summed E-state index contributed by atoms with van der Waals surface area (Å²) in [5, 5.41) is 17.1. The van der Waals surface area contributed by atoms with Gasteiger partial charge in [0.15, 0.2) is 11.6 Å². The Bertz CT molecular complexity index is 1600. The number of nitriles is 1. The molecule has 3 heterocycles. The predicted molar refractivity (Wildman–Crippen MR) is 138 cm³/mol. The molecule has 0 saturated carbocycles. The molecule has 9 heteroatoms. The van der Waals surface area contributed by atoms with Crippen molar-refractivity contribution in [2.75, 3.05) is 11.1 Å². The van der Waals surface area contributed by atoms with Gasteiger partial charge >= 0.3 is 0 Å². The highest BCUT2D eigenvalue weighted by molar-refractivity contribution is 6.04. The van der Waals surface area contributed by atoms with Crippen LogP contribution in [0.3, 0.4) is 0 Å². The monoisotopic (exact) mass is 493 g/mol. The van der Waals surface area contributed by atoms with E-state index in [-0.39, 0.29) is 11.7 Å². The highest BCUT2D eigenvalue weighted by Crippen LogP contribution is 2.27. The van der Waals surface area contributed by atoms with Gasteiger partial charge in [-0.2, -0.15) is 10.4 Å². The third-order valence-corrected chi connectivity index (χ3v) is 5.72. The number of hydrogen-bond acceptors (Lipinski definition) is 6. The summed E-state index contributed by atoms with van der Waals surface area (Å²) in [5.74, 6) is 5.00. The minimum Gasteiger partial charge on any atom is -0.381 e. The van der Waals surface area contributed by atoms with E-state index in [0.29, 0.717) is 33.9 Å². The van der Waals surface area contributed by atoms with Gasteiger partial charge in [0.1, 0.15) is 5.82 Å². The van der Waals surface area contributed by atoms with E-state index in [2.05, 4.69) is 38.3 Å². The highest BCUT2D eigenvalue weighted by atomic mass is 19.1. The fraction of sp³-hybridized carbons (Fsp3) is 0.179. The van der Waals surface area contributed by atoms with Gasteiger partial charge in [-0.15, -0.1) is 0 Å². The average molecular weight is 494 g/mol. The van der Waals surface area contributed by atoms with Crippen LogP contribution in [0.5, 0.6) is 0 Å². The summed E-state index contributed by atoms with van der Waals surface area (Å²) >= 11 is 0. The summed E-state index contributed by atoms with van der Waals surface area (Å²) < 4.78 is 15.2. The van der Waals surface area contributed by atoms with Gasteiger partial charge in [0.25, 0.3) is 5.91 Å². The van der Waals surface area contributed by atoms with Crippen molar-refractivity contribution in [1.82, 2.24) is 19.7 Å². The molecular formula is C28H24FN7O. The zero-order valence-electron chi connectivity index (χ0n) is 20.8. The molecule has 0 aliphatic rings. The Hall–Kier alpha value is -5.02. The van der Waals surface area contributed by atoms with Crippen molar-refractivity contribution in [1.29, 1.82) is 5.26 Å². The molecule has 0 bridgehead atoms. The van der Waals surface area contributed by atoms with Crippen LogP contribution in [0.25, 0.3) is 5.69 Å². The molecule has 3 N–H and O–H groups in total. The topological polar surface area (TPSA) is 123 Å². The fourth-order valence-corrected chi connectivity index (χ4v) is 3.36. The molecule has 184 valence electrons. The fourth-order valence-electron chi connectivity index (χ4n) is 3.36. The molecule has 3 aromatic heterocycles. The standard InChI is InChI=1S/C28H24FN7O/c1-17-5-8-21(12-20(17)9-7-19-11-23(29)26(31)33-14-19)27(37)34-25-13-24(28(3,4)16-30)35-36(25)22-10-6-18(2)32-15-22/h5-6,8,10-15H,1-4H3,(H2,31,33)(H,34,37). The maximum Gasteiger partial charge on any atom is 0.256 e. The molecule has 0 aliphatic carbocycles. The van der Waals surface area contributed by atoms with Crippen molar-refractivity contribution in [3.05, 3.63) is 94.3 Å². The number of halogens is 1. The number of hydrogen-bond donors (Lipinski definition) is 2. The van der Waals surface area contributed by atoms with Gasteiger partial charge in [-0.25, -0.2) is 14.1 Å². The summed E-state index contributed by atoms with van der Waals surface area (Å²) in [6, 6.07) is 13.9. The molecule has 4 rings (SSSR count). The van der Waals surface area contributed by atoms with Crippen LogP contribution in [-0.2, 0) is 5.41 Å². The maximum absolute atomic E-state index is 13.7. The molecule has 37 heavy (non-hydrogen) atoms. The van der Waals surface area contributed by atoms with Crippen molar-refractivity contribution in [3.63, 3.8) is 0 Å². The second kappa shape index (κ2) is 9.92. The van der Waals surface area contributed by atoms with E-state index in [1.165, 1.54) is 12.3 Å². The summed E-state index contributed by atoms with van der Waals surface area (Å²) in [4.78, 5) is 21.3. The Morgan fingerprint density at radius 3 is 2.54 bits per heavy atom. The van der Waals surface area contributed by atoms with Crippen molar-refractivity contribution in [2.24, 2.45) is 0 Å². The van der Waals surface area contributed by atoms with Crippen molar-refractivity contribution < 1.29 is 9.18 Å². The number of rotatable bonds is 4. The van der Waals surface area contributed by atoms with E-state index in [1.807, 2.05) is 26.0 Å². The van der Waals surface area contributed by atoms with Crippen LogP contribution < -0.4 is 11.1 Å². The van der Waals surface area contributed by atoms with Crippen LogP contribution in [-0.4, -0.2) is 25.7 Å². The second-order valence-corrected chi connectivity index (χ2v) is 9.05. The molecule has 1 aromatic carbocycles. The lowest BCUT2D eigenvalue weighted by Crippen LogP contribution is -2.16. The third kappa shape index (κ3) is 5.47. The summed E-state index contributed by atoms with van der Waals surface area (Å²) in [6.45, 7) is 7.25. The van der Waals surface area contributed by atoms with E-state index >= 15 is 0 Å².